The van der Waals surface area contributed by atoms with Crippen LogP contribution in [0.3, 0.4) is 0 Å². The maximum atomic E-state index is 14.3. The quantitative estimate of drug-likeness (QED) is 0.417. The summed E-state index contributed by atoms with van der Waals surface area (Å²) in [6, 6.07) is 15.0. The molecule has 172 valence electrons. The predicted molar refractivity (Wildman–Crippen MR) is 131 cm³/mol. The smallest absolute Gasteiger partial charge is 0.226 e. The Balaban J connectivity index is 1.77. The molecule has 0 unspecified atom stereocenters. The van der Waals surface area contributed by atoms with E-state index < -0.39 is 5.41 Å². The van der Waals surface area contributed by atoms with Crippen LogP contribution in [-0.2, 0) is 16.6 Å². The maximum Gasteiger partial charge on any atom is 0.226 e. The molecule has 0 fully saturated rings. The molecule has 0 amide bonds. The summed E-state index contributed by atoms with van der Waals surface area (Å²) in [6.45, 7) is 15.9. The van der Waals surface area contributed by atoms with Gasteiger partial charge in [0.1, 0.15) is 11.6 Å². The Bertz CT molecular complexity index is 1360. The minimum Gasteiger partial charge on any atom is -0.308 e. The lowest BCUT2D eigenvalue weighted by atomic mass is 9.59. The van der Waals surface area contributed by atoms with Crippen LogP contribution in [0.1, 0.15) is 57.0 Å². The van der Waals surface area contributed by atoms with Crippen molar-refractivity contribution in [3.05, 3.63) is 94.5 Å². The summed E-state index contributed by atoms with van der Waals surface area (Å²) in [6.07, 6.45) is 3.38. The first kappa shape index (κ1) is 22.3. The fraction of sp³-hybridized carbons (Fsp3) is 0.345. The van der Waals surface area contributed by atoms with Crippen molar-refractivity contribution in [2.75, 3.05) is 0 Å². The molecular weight excluding hydrogens is 425 g/mol. The zero-order chi connectivity index (χ0) is 24.2. The lowest BCUT2D eigenvalue weighted by Crippen LogP contribution is -2.45. The maximum absolute atomic E-state index is 14.3. The highest BCUT2D eigenvalue weighted by molar-refractivity contribution is 6.00. The van der Waals surface area contributed by atoms with Gasteiger partial charge < -0.3 is 4.79 Å². The van der Waals surface area contributed by atoms with Crippen LogP contribution in [0.2, 0.25) is 0 Å². The number of fused-ring (bicyclic) bond motifs is 3. The summed E-state index contributed by atoms with van der Waals surface area (Å²) in [5.41, 5.74) is 4.50. The van der Waals surface area contributed by atoms with Crippen molar-refractivity contribution in [1.82, 2.24) is 9.55 Å². The van der Waals surface area contributed by atoms with Crippen LogP contribution >= 0.6 is 0 Å². The first-order valence-corrected chi connectivity index (χ1v) is 11.9. The largest absolute Gasteiger partial charge is 0.308 e. The first-order valence-electron chi connectivity index (χ1n) is 11.9. The third kappa shape index (κ3) is 3.32. The molecule has 1 aromatic heterocycles. The Hall–Kier alpha value is -3.52. The van der Waals surface area contributed by atoms with Gasteiger partial charge in [0, 0.05) is 22.6 Å². The Morgan fingerprint density at radius 1 is 1.21 bits per heavy atom. The van der Waals surface area contributed by atoms with Gasteiger partial charge in [-0.25, -0.2) is 14.2 Å². The summed E-state index contributed by atoms with van der Waals surface area (Å²) in [5, 5.41) is 0. The number of nitrogens with zero attached hydrogens (tertiary/aromatic N) is 3. The molecule has 0 N–H and O–H groups in total. The van der Waals surface area contributed by atoms with E-state index in [2.05, 4.69) is 54.4 Å². The molecule has 34 heavy (non-hydrogen) atoms. The Kier molecular flexibility index (Phi) is 5.28. The molecule has 2 aliphatic carbocycles. The molecule has 3 atom stereocenters. The van der Waals surface area contributed by atoms with Crippen LogP contribution in [0, 0.1) is 24.2 Å². The van der Waals surface area contributed by atoms with Gasteiger partial charge in [-0.2, -0.15) is 0 Å². The zero-order valence-corrected chi connectivity index (χ0v) is 20.0. The van der Waals surface area contributed by atoms with Crippen molar-refractivity contribution in [2.45, 2.75) is 51.9 Å². The number of imidazole rings is 1. The summed E-state index contributed by atoms with van der Waals surface area (Å²) in [7, 11) is 0. The van der Waals surface area contributed by atoms with Gasteiger partial charge in [-0.1, -0.05) is 64.1 Å². The minimum absolute atomic E-state index is 0.0741. The molecule has 1 heterocycles. The van der Waals surface area contributed by atoms with E-state index in [0.717, 1.165) is 41.3 Å². The lowest BCUT2D eigenvalue weighted by Gasteiger charge is -2.44. The summed E-state index contributed by atoms with van der Waals surface area (Å²) < 4.78 is 16.4. The van der Waals surface area contributed by atoms with Crippen LogP contribution in [0.5, 0.6) is 0 Å². The summed E-state index contributed by atoms with van der Waals surface area (Å²) in [5.74, 6) is 0.645. The number of hydrogen-bond donors (Lipinski definition) is 0. The topological polar surface area (TPSA) is 39.2 Å². The molecule has 0 spiro atoms. The highest BCUT2D eigenvalue weighted by Gasteiger charge is 2.50. The third-order valence-electron chi connectivity index (χ3n) is 7.67. The van der Waals surface area contributed by atoms with Crippen molar-refractivity contribution >= 4 is 5.78 Å². The lowest BCUT2D eigenvalue weighted by molar-refractivity contribution is -0.121. The third-order valence-corrected chi connectivity index (χ3v) is 7.67. The standard InChI is InChI=1S/C29H28FN3O/c1-17(2)19-9-11-20(12-10-19)28-32-27-25(33(28)22-8-6-7-21(30)15-22)14-13-23-18(3)26(34)24(31-5)16-29(23,27)4/h6-12,15-18,23H,13-14H2,1-4H3/t18-,23-,29-/m1/s1. The Morgan fingerprint density at radius 3 is 2.59 bits per heavy atom. The van der Waals surface area contributed by atoms with E-state index in [1.54, 1.807) is 6.07 Å². The fourth-order valence-corrected chi connectivity index (χ4v) is 5.79. The van der Waals surface area contributed by atoms with E-state index in [4.69, 9.17) is 11.6 Å². The van der Waals surface area contributed by atoms with E-state index in [1.165, 1.54) is 17.7 Å². The average Bonchev–Trinajstić information content (AvgIpc) is 3.22. The van der Waals surface area contributed by atoms with Crippen molar-refractivity contribution in [3.63, 3.8) is 0 Å². The van der Waals surface area contributed by atoms with Gasteiger partial charge in [0.25, 0.3) is 0 Å². The van der Waals surface area contributed by atoms with Gasteiger partial charge in [-0.3, -0.25) is 4.57 Å². The van der Waals surface area contributed by atoms with E-state index in [0.29, 0.717) is 5.92 Å². The van der Waals surface area contributed by atoms with E-state index in [1.807, 2.05) is 19.1 Å². The monoisotopic (exact) mass is 453 g/mol. The second-order valence-corrected chi connectivity index (χ2v) is 10.0. The molecule has 0 bridgehead atoms. The van der Waals surface area contributed by atoms with Gasteiger partial charge >= 0.3 is 0 Å². The van der Waals surface area contributed by atoms with Gasteiger partial charge in [-0.05, 0) is 48.4 Å². The Morgan fingerprint density at radius 2 is 1.94 bits per heavy atom. The van der Waals surface area contributed by atoms with Crippen LogP contribution in [0.4, 0.5) is 4.39 Å². The van der Waals surface area contributed by atoms with Crippen LogP contribution in [0.25, 0.3) is 21.9 Å². The number of ketones is 1. The summed E-state index contributed by atoms with van der Waals surface area (Å²) in [4.78, 5) is 21.5. The number of allylic oxidation sites excluding steroid dienone is 2. The predicted octanol–water partition coefficient (Wildman–Crippen LogP) is 6.64. The second kappa shape index (κ2) is 8.06. The zero-order valence-electron chi connectivity index (χ0n) is 20.0. The highest BCUT2D eigenvalue weighted by Crippen LogP contribution is 2.51. The van der Waals surface area contributed by atoms with Crippen LogP contribution in [0.15, 0.2) is 60.3 Å². The van der Waals surface area contributed by atoms with Crippen molar-refractivity contribution in [1.29, 1.82) is 0 Å². The molecule has 3 aromatic rings. The normalized spacial score (nSPS) is 23.8. The first-order chi connectivity index (χ1) is 16.2. The van der Waals surface area contributed by atoms with Gasteiger partial charge in [0.2, 0.25) is 5.70 Å². The SMILES string of the molecule is [C-]#[N+]C1=C[C@@]2(C)c3nc(-c4ccc(C(C)C)cc4)n(-c4cccc(F)c4)c3CC[C@@H]2[C@@H](C)C1=O. The molecule has 4 nitrogen and oxygen atoms in total. The number of aromatic nitrogens is 2. The average molecular weight is 454 g/mol. The van der Waals surface area contributed by atoms with Crippen LogP contribution < -0.4 is 0 Å². The molecule has 0 saturated carbocycles. The number of Topliss-reactive ketones (excluding diaryl/α,β-unsaturated/α-hetero) is 1. The number of hydrogen-bond acceptors (Lipinski definition) is 2. The highest BCUT2D eigenvalue weighted by atomic mass is 19.1. The molecular formula is C29H28FN3O. The van der Waals surface area contributed by atoms with Crippen molar-refractivity contribution in [2.24, 2.45) is 11.8 Å². The Labute approximate surface area is 200 Å². The molecule has 0 saturated heterocycles. The van der Waals surface area contributed by atoms with E-state index in [9.17, 15) is 9.18 Å². The molecule has 2 aromatic carbocycles. The van der Waals surface area contributed by atoms with Gasteiger partial charge in [0.15, 0.2) is 5.78 Å². The number of rotatable bonds is 3. The molecule has 5 heteroatoms. The fourth-order valence-electron chi connectivity index (χ4n) is 5.79. The van der Waals surface area contributed by atoms with Crippen molar-refractivity contribution < 1.29 is 9.18 Å². The summed E-state index contributed by atoms with van der Waals surface area (Å²) >= 11 is 0. The number of benzene rings is 2. The van der Waals surface area contributed by atoms with Gasteiger partial charge in [-0.15, -0.1) is 0 Å². The number of carbonyl (C=O) groups is 1. The number of carbonyl (C=O) groups excluding carboxylic acids is 1. The van der Waals surface area contributed by atoms with Gasteiger partial charge in [0.05, 0.1) is 18.0 Å². The van der Waals surface area contributed by atoms with E-state index in [-0.39, 0.29) is 29.1 Å². The molecule has 5 rings (SSSR count). The second-order valence-electron chi connectivity index (χ2n) is 10.0. The molecule has 2 aliphatic rings. The molecule has 0 radical (unpaired) electrons. The van der Waals surface area contributed by atoms with E-state index >= 15 is 0 Å². The minimum atomic E-state index is -0.536. The van der Waals surface area contributed by atoms with Crippen molar-refractivity contribution in [3.8, 4) is 17.1 Å². The van der Waals surface area contributed by atoms with Crippen LogP contribution in [-0.4, -0.2) is 15.3 Å². The molecule has 0 aliphatic heterocycles. The number of halogens is 1.